The molecule has 0 aliphatic heterocycles. The van der Waals surface area contributed by atoms with Crippen LogP contribution >= 0.6 is 0 Å². The number of halogens is 2. The maximum absolute atomic E-state index is 12.0. The number of fused-ring (bicyclic) bond motifs is 1. The van der Waals surface area contributed by atoms with Crippen molar-refractivity contribution in [3.05, 3.63) is 64.8 Å². The van der Waals surface area contributed by atoms with E-state index >= 15 is 0 Å². The van der Waals surface area contributed by atoms with Gasteiger partial charge in [-0.15, -0.1) is 0 Å². The predicted molar refractivity (Wildman–Crippen MR) is 152 cm³/mol. The topological polar surface area (TPSA) is 50.4 Å². The predicted octanol–water partition coefficient (Wildman–Crippen LogP) is 3.42. The van der Waals surface area contributed by atoms with Crippen LogP contribution < -0.4 is 30.2 Å². The average Bonchev–Trinajstić information content (AvgIpc) is 2.90. The molecule has 0 saturated carbocycles. The molecule has 0 bridgehead atoms. The Morgan fingerprint density at radius 2 is 1.16 bits per heavy atom. The van der Waals surface area contributed by atoms with Gasteiger partial charge >= 0.3 is 121 Å². The monoisotopic (exact) mass is 654 g/mol. The molecule has 0 aliphatic carbocycles. The van der Waals surface area contributed by atoms with Gasteiger partial charge in [0.15, 0.2) is 5.76 Å². The summed E-state index contributed by atoms with van der Waals surface area (Å²) >= 11 is 0.0736. The van der Waals surface area contributed by atoms with Crippen molar-refractivity contribution in [2.24, 2.45) is 0 Å². The maximum atomic E-state index is 12.0. The van der Waals surface area contributed by atoms with Crippen LogP contribution in [0.3, 0.4) is 0 Å². The minimum Gasteiger partial charge on any atom is -1.00 e. The first kappa shape index (κ1) is 35.8. The van der Waals surface area contributed by atoms with Gasteiger partial charge in [-0.3, -0.25) is 4.79 Å². The van der Waals surface area contributed by atoms with Gasteiger partial charge in [0.1, 0.15) is 5.58 Å². The molecule has 6 heteroatoms. The van der Waals surface area contributed by atoms with E-state index < -0.39 is 5.43 Å². The van der Waals surface area contributed by atoms with Crippen molar-refractivity contribution in [2.75, 3.05) is 0 Å². The summed E-state index contributed by atoms with van der Waals surface area (Å²) in [6, 6.07) is 15.9. The molecule has 1 N–H and O–H groups in total. The van der Waals surface area contributed by atoms with Crippen molar-refractivity contribution >= 4 is 32.1 Å². The summed E-state index contributed by atoms with van der Waals surface area (Å²) < 4.78 is 8.92. The van der Waals surface area contributed by atoms with Crippen molar-refractivity contribution in [3.8, 4) is 17.1 Å². The SMILES string of the molecule is CCCCCCC[CH2][Sn+2][CH2]CCCCCCC.O=c1c(O)c(-c2ccccc2)oc2ccccc12.[Cl-].[Cl-]. The Morgan fingerprint density at radius 1 is 0.676 bits per heavy atom. The molecule has 3 nitrogen and oxygen atoms in total. The van der Waals surface area contributed by atoms with E-state index in [1.54, 1.807) is 58.1 Å². The van der Waals surface area contributed by atoms with E-state index in [2.05, 4.69) is 13.8 Å². The first-order chi connectivity index (χ1) is 17.2. The molecule has 3 rings (SSSR count). The van der Waals surface area contributed by atoms with Crippen molar-refractivity contribution in [1.82, 2.24) is 0 Å². The first-order valence-electron chi connectivity index (χ1n) is 13.7. The summed E-state index contributed by atoms with van der Waals surface area (Å²) in [6.07, 6.45) is 17.8. The smallest absolute Gasteiger partial charge is 0.235 e. The second-order valence-corrected chi connectivity index (χ2v) is 13.5. The Bertz CT molecular complexity index is 994. The van der Waals surface area contributed by atoms with Gasteiger partial charge in [0.2, 0.25) is 11.2 Å². The molecule has 0 fully saturated rings. The molecule has 0 atom stereocenters. The summed E-state index contributed by atoms with van der Waals surface area (Å²) in [5.74, 6) is -0.140. The van der Waals surface area contributed by atoms with Crippen molar-refractivity contribution in [1.29, 1.82) is 0 Å². The fraction of sp³-hybridized carbons (Fsp3) is 0.516. The van der Waals surface area contributed by atoms with Crippen molar-refractivity contribution in [3.63, 3.8) is 0 Å². The molecule has 0 radical (unpaired) electrons. The summed E-state index contributed by atoms with van der Waals surface area (Å²) in [5.41, 5.74) is 0.743. The van der Waals surface area contributed by atoms with Gasteiger partial charge in [-0.05, 0) is 12.1 Å². The fourth-order valence-electron chi connectivity index (χ4n) is 4.10. The number of aromatic hydroxyl groups is 1. The number of unbranched alkanes of at least 4 members (excludes halogenated alkanes) is 10. The van der Waals surface area contributed by atoms with Crippen LogP contribution in [0.4, 0.5) is 0 Å². The van der Waals surface area contributed by atoms with E-state index in [4.69, 9.17) is 4.42 Å². The minimum atomic E-state index is -0.407. The second-order valence-electron chi connectivity index (χ2n) is 9.26. The van der Waals surface area contributed by atoms with Crippen LogP contribution in [-0.4, -0.2) is 26.2 Å². The van der Waals surface area contributed by atoms with E-state index in [0.717, 1.165) is 0 Å². The minimum absolute atomic E-state index is 0. The third-order valence-corrected chi connectivity index (χ3v) is 10.3. The molecule has 0 aliphatic rings. The van der Waals surface area contributed by atoms with Gasteiger partial charge in [-0.25, -0.2) is 0 Å². The van der Waals surface area contributed by atoms with Gasteiger partial charge in [0.25, 0.3) is 0 Å². The third-order valence-electron chi connectivity index (χ3n) is 6.22. The molecule has 3 aromatic rings. The van der Waals surface area contributed by atoms with Crippen LogP contribution in [0.25, 0.3) is 22.3 Å². The average molecular weight is 654 g/mol. The molecule has 0 amide bonds. The number of hydrogen-bond donors (Lipinski definition) is 1. The molecule has 1 heterocycles. The number of hydrogen-bond acceptors (Lipinski definition) is 3. The molecule has 37 heavy (non-hydrogen) atoms. The van der Waals surface area contributed by atoms with Crippen LogP contribution in [0.2, 0.25) is 8.87 Å². The summed E-state index contributed by atoms with van der Waals surface area (Å²) in [7, 11) is 0. The largest absolute Gasteiger partial charge is 1.00 e. The van der Waals surface area contributed by atoms with E-state index in [9.17, 15) is 9.90 Å². The van der Waals surface area contributed by atoms with Gasteiger partial charge in [0.05, 0.1) is 5.39 Å². The van der Waals surface area contributed by atoms with E-state index in [0.29, 0.717) is 16.5 Å². The standard InChI is InChI=1S/C15H10O3.2C8H17.2ClH.Sn/c16-13-11-8-4-5-9-12(11)18-15(14(13)17)10-6-2-1-3-7-10;2*1-3-5-7-8-6-4-2;;;/h1-9,17H;2*1,3-8H2,2H3;2*1H;/q;;;;;+2/p-2. The Morgan fingerprint density at radius 3 is 1.73 bits per heavy atom. The molecule has 0 unspecified atom stereocenters. The van der Waals surface area contributed by atoms with Gasteiger partial charge in [-0.1, -0.05) is 42.5 Å². The summed E-state index contributed by atoms with van der Waals surface area (Å²) in [5, 5.41) is 10.3. The van der Waals surface area contributed by atoms with E-state index in [1.165, 1.54) is 64.2 Å². The zero-order valence-corrected chi connectivity index (χ0v) is 27.0. The summed E-state index contributed by atoms with van der Waals surface area (Å²) in [4.78, 5) is 12.0. The first-order valence-corrected chi connectivity index (χ1v) is 17.7. The number of benzene rings is 2. The molecule has 1 aromatic heterocycles. The molecule has 0 spiro atoms. The Kier molecular flexibility index (Phi) is 22.1. The molecule has 2 aromatic carbocycles. The maximum Gasteiger partial charge on any atom is 0.235 e. The second kappa shape index (κ2) is 22.8. The van der Waals surface area contributed by atoms with E-state index in [1.807, 2.05) is 18.2 Å². The number of rotatable bonds is 15. The Hall–Kier alpha value is -1.17. The Labute approximate surface area is 246 Å². The van der Waals surface area contributed by atoms with Crippen LogP contribution in [0.5, 0.6) is 5.75 Å². The zero-order chi connectivity index (χ0) is 25.1. The molecule has 204 valence electrons. The molecule has 0 saturated heterocycles. The quantitative estimate of drug-likeness (QED) is 0.202. The van der Waals surface area contributed by atoms with Crippen molar-refractivity contribution in [2.45, 2.75) is 99.8 Å². The van der Waals surface area contributed by atoms with Crippen LogP contribution in [0, 0.1) is 0 Å². The van der Waals surface area contributed by atoms with Crippen LogP contribution in [0.15, 0.2) is 63.8 Å². The van der Waals surface area contributed by atoms with Gasteiger partial charge < -0.3 is 34.3 Å². The summed E-state index contributed by atoms with van der Waals surface area (Å²) in [6.45, 7) is 4.60. The zero-order valence-electron chi connectivity index (χ0n) is 22.6. The van der Waals surface area contributed by atoms with Gasteiger partial charge in [0, 0.05) is 5.56 Å². The van der Waals surface area contributed by atoms with Gasteiger partial charge in [-0.2, -0.15) is 0 Å². The normalized spacial score (nSPS) is 10.0. The Balaban J connectivity index is 0.000000667. The van der Waals surface area contributed by atoms with Crippen molar-refractivity contribution < 1.29 is 34.3 Å². The molecular formula is C31H44Cl2O3Sn. The van der Waals surface area contributed by atoms with Crippen LogP contribution in [-0.2, 0) is 0 Å². The fourth-order valence-corrected chi connectivity index (χ4v) is 7.67. The van der Waals surface area contributed by atoms with E-state index in [-0.39, 0.29) is 57.5 Å². The molecular weight excluding hydrogens is 610 g/mol. The third kappa shape index (κ3) is 14.0. The van der Waals surface area contributed by atoms with Crippen LogP contribution in [0.1, 0.15) is 90.9 Å². The number of para-hydroxylation sites is 1.